The number of hydrogen-bond donors (Lipinski definition) is 1. The maximum absolute atomic E-state index is 14.8. The molecule has 0 fully saturated rings. The fourth-order valence-electron chi connectivity index (χ4n) is 6.70. The maximum atomic E-state index is 14.8. The van der Waals surface area contributed by atoms with Gasteiger partial charge in [-0.3, -0.25) is 40.5 Å². The Labute approximate surface area is 321 Å². The molecule has 0 saturated heterocycles. The molecule has 6 aromatic carbocycles. The summed E-state index contributed by atoms with van der Waals surface area (Å²) in [7, 11) is -12.6. The number of nitrogens with zero attached hydrogens (tertiary/aromatic N) is 4. The Morgan fingerprint density at radius 3 is 1.24 bits per heavy atom. The lowest BCUT2D eigenvalue weighted by atomic mass is 9.86. The number of hydrogen-bond acceptors (Lipinski definition) is 13. The molecular formula is C35H21F3N5O13PS. The minimum Gasteiger partial charge on any atom is -0.403 e. The zero-order valence-corrected chi connectivity index (χ0v) is 30.9. The van der Waals surface area contributed by atoms with E-state index in [1.807, 2.05) is 0 Å². The molecule has 0 aromatic heterocycles. The Morgan fingerprint density at radius 2 is 0.931 bits per heavy atom. The number of alkyl halides is 3. The van der Waals surface area contributed by atoms with Gasteiger partial charge in [0.05, 0.1) is 19.7 Å². The first kappa shape index (κ1) is 39.2. The minimum atomic E-state index is -6.62. The molecule has 296 valence electrons. The van der Waals surface area contributed by atoms with Crippen LogP contribution in [0.5, 0.6) is 11.5 Å². The highest BCUT2D eigenvalue weighted by Crippen LogP contribution is 2.62. The zero-order valence-electron chi connectivity index (χ0n) is 29.2. The Hall–Kier alpha value is -7.03. The van der Waals surface area contributed by atoms with E-state index in [2.05, 4.69) is 0 Å². The van der Waals surface area contributed by atoms with Gasteiger partial charge in [-0.15, -0.1) is 0 Å². The Bertz CT molecular complexity index is 2790. The van der Waals surface area contributed by atoms with E-state index in [-0.39, 0.29) is 66.1 Å². The molecule has 18 nitrogen and oxygen atoms in total. The summed E-state index contributed by atoms with van der Waals surface area (Å²) in [4.78, 5) is 44.9. The lowest BCUT2D eigenvalue weighted by molar-refractivity contribution is -0.395. The van der Waals surface area contributed by atoms with Crippen LogP contribution in [0.4, 0.5) is 35.9 Å². The number of nitrogens with one attached hydrogen (secondary N) is 1. The first-order valence-corrected chi connectivity index (χ1v) is 19.2. The largest absolute Gasteiger partial charge is 0.526 e. The first-order valence-electron chi connectivity index (χ1n) is 16.2. The summed E-state index contributed by atoms with van der Waals surface area (Å²) in [6.45, 7) is 2.21. The standard InChI is InChI=1S/C35H21F3N5O13PS/c1-17-27(40(44)45)13-21(14-28(17)41(46)47)25-11-19-7-3-5-9-23(19)31-32-24-10-6-4-8-20(24)12-26(22-15-29(42(48)49)18(2)30(16-22)43(50)51)34(32)56-57(52,55-33(25)31)39-58(53,54)35(36,37)38/h3-16H,1-2H3,(H,39,52). The van der Waals surface area contributed by atoms with Gasteiger partial charge in [-0.05, 0) is 58.7 Å². The number of rotatable bonds is 8. The Morgan fingerprint density at radius 1 is 0.603 bits per heavy atom. The van der Waals surface area contributed by atoms with Crippen molar-refractivity contribution in [1.82, 2.24) is 4.49 Å². The average Bonchev–Trinajstić information content (AvgIpc) is 3.27. The SMILES string of the molecule is Cc1c([N+](=O)[O-])cc(-c2cc3ccccc3c3c2OP(=O)(NS(=O)(=O)C(F)(F)F)Oc2c(-c4cc([N+](=O)[O-])c(C)c([N+](=O)[O-])c4)cc4ccccc4c2-3)cc1[N+](=O)[O-]. The molecule has 1 aliphatic heterocycles. The number of fused-ring (bicyclic) bond motifs is 7. The van der Waals surface area contributed by atoms with E-state index in [9.17, 15) is 66.6 Å². The molecule has 1 aliphatic rings. The van der Waals surface area contributed by atoms with Crippen LogP contribution in [0.1, 0.15) is 11.1 Å². The number of benzene rings is 6. The fourth-order valence-corrected chi connectivity index (χ4v) is 9.49. The van der Waals surface area contributed by atoms with Crippen LogP contribution in [0.3, 0.4) is 0 Å². The van der Waals surface area contributed by atoms with Gasteiger partial charge < -0.3 is 9.05 Å². The highest BCUT2D eigenvalue weighted by atomic mass is 32.2. The average molecular weight is 840 g/mol. The third-order valence-corrected chi connectivity index (χ3v) is 12.6. The summed E-state index contributed by atoms with van der Waals surface area (Å²) in [5, 5.41) is 49.4. The zero-order chi connectivity index (χ0) is 42.2. The van der Waals surface area contributed by atoms with Crippen LogP contribution in [0.25, 0.3) is 54.9 Å². The van der Waals surface area contributed by atoms with Gasteiger partial charge >= 0.3 is 23.3 Å². The van der Waals surface area contributed by atoms with E-state index in [1.54, 1.807) is 12.1 Å². The first-order chi connectivity index (χ1) is 27.1. The fraction of sp³-hybridized carbons (Fsp3) is 0.0857. The third kappa shape index (κ3) is 6.47. The van der Waals surface area contributed by atoms with Crippen molar-refractivity contribution in [2.45, 2.75) is 19.4 Å². The van der Waals surface area contributed by atoms with Crippen molar-refractivity contribution >= 4 is 62.1 Å². The molecule has 23 heteroatoms. The Balaban J connectivity index is 1.73. The number of sulfonamides is 1. The summed E-state index contributed by atoms with van der Waals surface area (Å²) < 4.78 is 94.6. The van der Waals surface area contributed by atoms with Crippen molar-refractivity contribution in [3.63, 3.8) is 0 Å². The lowest BCUT2D eigenvalue weighted by Crippen LogP contribution is -2.36. The van der Waals surface area contributed by atoms with Crippen LogP contribution in [0, 0.1) is 54.3 Å². The Kier molecular flexibility index (Phi) is 9.17. The van der Waals surface area contributed by atoms with Crippen molar-refractivity contribution < 1.29 is 54.9 Å². The summed E-state index contributed by atoms with van der Waals surface area (Å²) in [5.41, 5.74) is -11.8. The summed E-state index contributed by atoms with van der Waals surface area (Å²) >= 11 is 0. The van der Waals surface area contributed by atoms with E-state index in [0.29, 0.717) is 0 Å². The van der Waals surface area contributed by atoms with Crippen LogP contribution in [0.15, 0.2) is 84.9 Å². The molecule has 0 amide bonds. The van der Waals surface area contributed by atoms with E-state index in [4.69, 9.17) is 9.05 Å². The predicted octanol–water partition coefficient (Wildman–Crippen LogP) is 9.56. The molecule has 0 atom stereocenters. The number of nitro benzene ring substituents is 4. The molecule has 0 bridgehead atoms. The highest BCUT2D eigenvalue weighted by Gasteiger charge is 2.53. The van der Waals surface area contributed by atoms with Crippen LogP contribution >= 0.6 is 7.75 Å². The van der Waals surface area contributed by atoms with Crippen LogP contribution < -0.4 is 13.5 Å². The molecule has 0 unspecified atom stereocenters. The van der Waals surface area contributed by atoms with Gasteiger partial charge in [-0.2, -0.15) is 13.2 Å². The van der Waals surface area contributed by atoms with E-state index in [0.717, 1.165) is 42.6 Å². The normalized spacial score (nSPS) is 13.5. The van der Waals surface area contributed by atoms with Crippen molar-refractivity contribution in [3.05, 3.63) is 137 Å². The molecule has 0 radical (unpaired) electrons. The molecule has 6 aromatic rings. The molecule has 58 heavy (non-hydrogen) atoms. The molecule has 7 rings (SSSR count). The van der Waals surface area contributed by atoms with Crippen LogP contribution in [-0.2, 0) is 14.6 Å². The van der Waals surface area contributed by atoms with Gasteiger partial charge in [-0.1, -0.05) is 53.0 Å². The van der Waals surface area contributed by atoms with Gasteiger partial charge in [0, 0.05) is 46.5 Å². The number of nitro groups is 4. The molecule has 1 N–H and O–H groups in total. The van der Waals surface area contributed by atoms with Crippen LogP contribution in [-0.4, -0.2) is 33.6 Å². The van der Waals surface area contributed by atoms with Crippen molar-refractivity contribution in [2.24, 2.45) is 0 Å². The second kappa shape index (κ2) is 13.6. The summed E-state index contributed by atoms with van der Waals surface area (Å²) in [5.74, 6) is -1.44. The third-order valence-electron chi connectivity index (χ3n) is 9.33. The van der Waals surface area contributed by atoms with Gasteiger partial charge in [0.1, 0.15) is 22.6 Å². The van der Waals surface area contributed by atoms with Gasteiger partial charge in [0.25, 0.3) is 22.7 Å². The monoisotopic (exact) mass is 839 g/mol. The summed E-state index contributed by atoms with van der Waals surface area (Å²) in [6.07, 6.45) is 0. The van der Waals surface area contributed by atoms with Crippen molar-refractivity contribution in [3.8, 4) is 44.9 Å². The topological polar surface area (TPSA) is 254 Å². The van der Waals surface area contributed by atoms with E-state index >= 15 is 0 Å². The number of halogens is 3. The molecular weight excluding hydrogens is 818 g/mol. The van der Waals surface area contributed by atoms with Gasteiger partial charge in [-0.25, -0.2) is 13.0 Å². The van der Waals surface area contributed by atoms with E-state index in [1.165, 1.54) is 48.5 Å². The summed E-state index contributed by atoms with van der Waals surface area (Å²) in [6, 6.07) is 18.2. The lowest BCUT2D eigenvalue weighted by Gasteiger charge is -2.22. The second-order valence-corrected chi connectivity index (χ2v) is 16.3. The molecule has 1 heterocycles. The smallest absolute Gasteiger partial charge is 0.403 e. The molecule has 0 aliphatic carbocycles. The minimum absolute atomic E-state index is 0.164. The van der Waals surface area contributed by atoms with Crippen molar-refractivity contribution in [1.29, 1.82) is 0 Å². The maximum Gasteiger partial charge on any atom is 0.526 e. The van der Waals surface area contributed by atoms with Crippen molar-refractivity contribution in [2.75, 3.05) is 0 Å². The quantitative estimate of drug-likeness (QED) is 0.0852. The highest BCUT2D eigenvalue weighted by molar-refractivity contribution is 7.95. The predicted molar refractivity (Wildman–Crippen MR) is 201 cm³/mol. The molecule has 0 spiro atoms. The van der Waals surface area contributed by atoms with Gasteiger partial charge in [0.2, 0.25) is 0 Å². The second-order valence-electron chi connectivity index (χ2n) is 12.7. The van der Waals surface area contributed by atoms with Gasteiger partial charge in [0.15, 0.2) is 0 Å². The van der Waals surface area contributed by atoms with E-state index < -0.39 is 77.2 Å². The molecule has 0 saturated carbocycles. The van der Waals surface area contributed by atoms with Crippen LogP contribution in [0.2, 0.25) is 0 Å².